The molecular formula is C24H23N3O4. The van der Waals surface area contributed by atoms with E-state index >= 15 is 0 Å². The molecule has 1 N–H and O–H groups in total. The number of imide groups is 1. The number of aromatic nitrogens is 1. The van der Waals surface area contributed by atoms with Crippen LogP contribution in [0.15, 0.2) is 54.6 Å². The molecule has 1 aliphatic rings. The number of esters is 1. The monoisotopic (exact) mass is 417 g/mol. The minimum Gasteiger partial charge on any atom is -0.465 e. The number of carbonyl (C=O) groups excluding carboxylic acids is 3. The Bertz CT molecular complexity index is 1190. The number of fused-ring (bicyclic) bond motifs is 1. The first-order valence-electron chi connectivity index (χ1n) is 10.1. The van der Waals surface area contributed by atoms with Gasteiger partial charge in [-0.3, -0.25) is 9.69 Å². The number of hydrogen-bond donors (Lipinski definition) is 1. The number of benzene rings is 2. The summed E-state index contributed by atoms with van der Waals surface area (Å²) >= 11 is 0. The number of rotatable bonds is 5. The van der Waals surface area contributed by atoms with Gasteiger partial charge in [0, 0.05) is 5.39 Å². The van der Waals surface area contributed by atoms with E-state index in [0.717, 1.165) is 10.3 Å². The first kappa shape index (κ1) is 20.5. The molecule has 31 heavy (non-hydrogen) atoms. The molecule has 0 radical (unpaired) electrons. The van der Waals surface area contributed by atoms with Gasteiger partial charge in [0.2, 0.25) is 0 Å². The second-order valence-corrected chi connectivity index (χ2v) is 7.51. The van der Waals surface area contributed by atoms with Gasteiger partial charge in [-0.2, -0.15) is 0 Å². The third-order valence-corrected chi connectivity index (χ3v) is 5.90. The van der Waals surface area contributed by atoms with Gasteiger partial charge < -0.3 is 10.1 Å². The van der Waals surface area contributed by atoms with Crippen molar-refractivity contribution in [1.82, 2.24) is 15.2 Å². The normalized spacial score (nSPS) is 18.4. The molecule has 0 saturated carbocycles. The lowest BCUT2D eigenvalue weighted by Gasteiger charge is -2.26. The maximum Gasteiger partial charge on any atom is 0.340 e. The van der Waals surface area contributed by atoms with Gasteiger partial charge in [0.15, 0.2) is 0 Å². The maximum absolute atomic E-state index is 13.5. The molecule has 1 aliphatic heterocycles. The fourth-order valence-corrected chi connectivity index (χ4v) is 4.21. The van der Waals surface area contributed by atoms with Crippen molar-refractivity contribution in [3.8, 4) is 0 Å². The van der Waals surface area contributed by atoms with E-state index in [9.17, 15) is 14.4 Å². The molecule has 4 rings (SSSR count). The molecule has 0 unspecified atom stereocenters. The Hall–Kier alpha value is -3.74. The van der Waals surface area contributed by atoms with Crippen molar-refractivity contribution in [2.75, 3.05) is 7.11 Å². The molecule has 0 spiro atoms. The number of aryl methyl sites for hydroxylation is 1. The molecule has 1 atom stereocenters. The molecule has 3 amide bonds. The highest BCUT2D eigenvalue weighted by Gasteiger charge is 2.51. The highest BCUT2D eigenvalue weighted by molar-refractivity contribution is 6.07. The predicted molar refractivity (Wildman–Crippen MR) is 115 cm³/mol. The van der Waals surface area contributed by atoms with Crippen molar-refractivity contribution in [2.24, 2.45) is 0 Å². The van der Waals surface area contributed by atoms with Crippen LogP contribution in [-0.2, 0) is 21.6 Å². The van der Waals surface area contributed by atoms with Gasteiger partial charge in [-0.1, -0.05) is 55.5 Å². The van der Waals surface area contributed by atoms with Gasteiger partial charge in [0.05, 0.1) is 30.4 Å². The standard InChI is InChI=1S/C24H23N3O4/c1-4-24(16-10-6-5-7-11-16)22(29)27(23(30)26-24)14-19-20(21(28)31-3)15(2)17-12-8-9-13-18(17)25-19/h5-13H,4,14H2,1-3H3,(H,26,30)/t24-/m1/s1. The summed E-state index contributed by atoms with van der Waals surface area (Å²) in [4.78, 5) is 44.7. The van der Waals surface area contributed by atoms with E-state index in [1.807, 2.05) is 68.4 Å². The highest BCUT2D eigenvalue weighted by atomic mass is 16.5. The molecule has 2 aromatic carbocycles. The number of nitrogens with one attached hydrogen (secondary N) is 1. The summed E-state index contributed by atoms with van der Waals surface area (Å²) in [6, 6.07) is 16.1. The first-order valence-corrected chi connectivity index (χ1v) is 10.1. The number of ether oxygens (including phenoxy) is 1. The Morgan fingerprint density at radius 1 is 1.10 bits per heavy atom. The zero-order valence-electron chi connectivity index (χ0n) is 17.6. The van der Waals surface area contributed by atoms with Crippen LogP contribution in [0.2, 0.25) is 0 Å². The van der Waals surface area contributed by atoms with Crippen LogP contribution in [0.4, 0.5) is 4.79 Å². The van der Waals surface area contributed by atoms with Crippen LogP contribution >= 0.6 is 0 Å². The average molecular weight is 417 g/mol. The van der Waals surface area contributed by atoms with E-state index in [1.54, 1.807) is 0 Å². The smallest absolute Gasteiger partial charge is 0.340 e. The molecule has 1 aromatic heterocycles. The second kappa shape index (κ2) is 7.83. The SMILES string of the molecule is CC[C@]1(c2ccccc2)NC(=O)N(Cc2nc3ccccc3c(C)c2C(=O)OC)C1=O. The number of hydrogen-bond acceptors (Lipinski definition) is 5. The van der Waals surface area contributed by atoms with Crippen molar-refractivity contribution < 1.29 is 19.1 Å². The summed E-state index contributed by atoms with van der Waals surface area (Å²) in [6.45, 7) is 3.54. The lowest BCUT2D eigenvalue weighted by Crippen LogP contribution is -2.43. The predicted octanol–water partition coefficient (Wildman–Crippen LogP) is 3.69. The average Bonchev–Trinajstić information content (AvgIpc) is 3.04. The van der Waals surface area contributed by atoms with E-state index < -0.39 is 17.5 Å². The van der Waals surface area contributed by atoms with Gasteiger partial charge in [0.1, 0.15) is 5.54 Å². The van der Waals surface area contributed by atoms with Gasteiger partial charge in [-0.25, -0.2) is 14.6 Å². The summed E-state index contributed by atoms with van der Waals surface area (Å²) in [7, 11) is 1.30. The number of urea groups is 1. The third kappa shape index (κ3) is 3.22. The van der Waals surface area contributed by atoms with Gasteiger partial charge in [0.25, 0.3) is 5.91 Å². The molecule has 3 aromatic rings. The summed E-state index contributed by atoms with van der Waals surface area (Å²) in [5.74, 6) is -0.919. The second-order valence-electron chi connectivity index (χ2n) is 7.51. The largest absolute Gasteiger partial charge is 0.465 e. The summed E-state index contributed by atoms with van der Waals surface area (Å²) < 4.78 is 4.97. The van der Waals surface area contributed by atoms with E-state index in [1.165, 1.54) is 7.11 Å². The highest BCUT2D eigenvalue weighted by Crippen LogP contribution is 2.34. The number of methoxy groups -OCH3 is 1. The number of carbonyl (C=O) groups is 3. The molecule has 7 heteroatoms. The summed E-state index contributed by atoms with van der Waals surface area (Å²) in [5.41, 5.74) is 1.55. The third-order valence-electron chi connectivity index (χ3n) is 5.90. The zero-order valence-corrected chi connectivity index (χ0v) is 17.6. The fraction of sp³-hybridized carbons (Fsp3) is 0.250. The number of nitrogens with zero attached hydrogens (tertiary/aromatic N) is 2. The minimum atomic E-state index is -1.14. The number of para-hydroxylation sites is 1. The summed E-state index contributed by atoms with van der Waals surface area (Å²) in [6.07, 6.45) is 0.395. The Morgan fingerprint density at radius 3 is 2.45 bits per heavy atom. The molecule has 7 nitrogen and oxygen atoms in total. The quantitative estimate of drug-likeness (QED) is 0.505. The van der Waals surface area contributed by atoms with Crippen LogP contribution in [0, 0.1) is 6.92 Å². The molecular weight excluding hydrogens is 394 g/mol. The van der Waals surface area contributed by atoms with E-state index in [4.69, 9.17) is 4.74 Å². The Balaban J connectivity index is 1.80. The zero-order chi connectivity index (χ0) is 22.2. The van der Waals surface area contributed by atoms with E-state index in [2.05, 4.69) is 10.3 Å². The van der Waals surface area contributed by atoms with Gasteiger partial charge in [-0.15, -0.1) is 0 Å². The van der Waals surface area contributed by atoms with Gasteiger partial charge in [-0.05, 0) is 30.5 Å². The first-order chi connectivity index (χ1) is 14.9. The minimum absolute atomic E-state index is 0.130. The van der Waals surface area contributed by atoms with Crippen molar-refractivity contribution in [3.05, 3.63) is 77.0 Å². The summed E-state index contributed by atoms with van der Waals surface area (Å²) in [5, 5.41) is 3.68. The maximum atomic E-state index is 13.5. The van der Waals surface area contributed by atoms with Crippen LogP contribution < -0.4 is 5.32 Å². The van der Waals surface area contributed by atoms with Crippen molar-refractivity contribution in [3.63, 3.8) is 0 Å². The van der Waals surface area contributed by atoms with Crippen LogP contribution in [0.3, 0.4) is 0 Å². The number of pyridine rings is 1. The number of amides is 3. The van der Waals surface area contributed by atoms with Gasteiger partial charge >= 0.3 is 12.0 Å². The van der Waals surface area contributed by atoms with Crippen molar-refractivity contribution in [2.45, 2.75) is 32.4 Å². The Labute approximate surface area is 180 Å². The Morgan fingerprint density at radius 2 is 1.77 bits per heavy atom. The van der Waals surface area contributed by atoms with Crippen molar-refractivity contribution >= 4 is 28.8 Å². The molecule has 2 heterocycles. The van der Waals surface area contributed by atoms with Crippen molar-refractivity contribution in [1.29, 1.82) is 0 Å². The van der Waals surface area contributed by atoms with Crippen LogP contribution in [0.25, 0.3) is 10.9 Å². The van der Waals surface area contributed by atoms with E-state index in [-0.39, 0.29) is 18.0 Å². The molecule has 1 saturated heterocycles. The lowest BCUT2D eigenvalue weighted by atomic mass is 9.87. The van der Waals surface area contributed by atoms with E-state index in [0.29, 0.717) is 28.8 Å². The topological polar surface area (TPSA) is 88.6 Å². The fourth-order valence-electron chi connectivity index (χ4n) is 4.21. The van der Waals surface area contributed by atoms with Crippen LogP contribution in [0.5, 0.6) is 0 Å². The van der Waals surface area contributed by atoms with Crippen LogP contribution in [-0.4, -0.2) is 34.9 Å². The molecule has 1 fully saturated rings. The van der Waals surface area contributed by atoms with Crippen LogP contribution in [0.1, 0.15) is 40.5 Å². The Kier molecular flexibility index (Phi) is 5.19. The molecule has 0 bridgehead atoms. The molecule has 0 aliphatic carbocycles. The lowest BCUT2D eigenvalue weighted by molar-refractivity contribution is -0.132. The molecule has 158 valence electrons.